The number of hydrogen-bond donors (Lipinski definition) is 1. The Bertz CT molecular complexity index is 922. The lowest BCUT2D eigenvalue weighted by Crippen LogP contribution is -2.48. The quantitative estimate of drug-likeness (QED) is 0.765. The third-order valence-electron chi connectivity index (χ3n) is 4.40. The van der Waals surface area contributed by atoms with Gasteiger partial charge in [-0.1, -0.05) is 17.7 Å². The number of nitrogens with zero attached hydrogens (tertiary/aromatic N) is 3. The highest BCUT2D eigenvalue weighted by atomic mass is 35.5. The van der Waals surface area contributed by atoms with Gasteiger partial charge in [0, 0.05) is 24.8 Å². The van der Waals surface area contributed by atoms with Crippen LogP contribution in [0.5, 0.6) is 0 Å². The van der Waals surface area contributed by atoms with Gasteiger partial charge in [0.15, 0.2) is 0 Å². The van der Waals surface area contributed by atoms with Crippen molar-refractivity contribution in [1.82, 2.24) is 19.5 Å². The first-order valence-electron chi connectivity index (χ1n) is 8.29. The average Bonchev–Trinajstić information content (AvgIpc) is 3.16. The Labute approximate surface area is 150 Å². The standard InChI is InChI=1S/C18H19ClN4O2/c1-11-9-22(10-12(2)25-11)18(24)15-7-14(19)17(21-15)13-8-20-23-6-4-3-5-16(13)23/h3-8,11-12,21H,9-10H2,1-2H3. The summed E-state index contributed by atoms with van der Waals surface area (Å²) in [6.45, 7) is 5.10. The van der Waals surface area contributed by atoms with E-state index in [2.05, 4.69) is 10.1 Å². The van der Waals surface area contributed by atoms with Gasteiger partial charge in [0.05, 0.1) is 34.6 Å². The number of H-pyrrole nitrogens is 1. The molecule has 0 spiro atoms. The second kappa shape index (κ2) is 6.20. The number of carbonyl (C=O) groups excluding carboxylic acids is 1. The van der Waals surface area contributed by atoms with Gasteiger partial charge in [-0.25, -0.2) is 4.52 Å². The van der Waals surface area contributed by atoms with Crippen LogP contribution in [0.15, 0.2) is 36.7 Å². The molecule has 0 saturated carbocycles. The van der Waals surface area contributed by atoms with E-state index in [4.69, 9.17) is 16.3 Å². The van der Waals surface area contributed by atoms with Gasteiger partial charge in [0.25, 0.3) is 5.91 Å². The van der Waals surface area contributed by atoms with Gasteiger partial charge in [-0.05, 0) is 32.0 Å². The molecule has 0 aromatic carbocycles. The molecule has 3 aromatic rings. The van der Waals surface area contributed by atoms with Crippen LogP contribution < -0.4 is 0 Å². The van der Waals surface area contributed by atoms with Gasteiger partial charge in [0.1, 0.15) is 5.69 Å². The van der Waals surface area contributed by atoms with Crippen molar-refractivity contribution >= 4 is 23.0 Å². The Morgan fingerprint density at radius 2 is 2.08 bits per heavy atom. The number of carbonyl (C=O) groups is 1. The van der Waals surface area contributed by atoms with Crippen LogP contribution in [-0.2, 0) is 4.74 Å². The lowest BCUT2D eigenvalue weighted by molar-refractivity contribution is -0.0587. The number of nitrogens with one attached hydrogen (secondary N) is 1. The molecule has 1 saturated heterocycles. The fourth-order valence-corrected chi connectivity index (χ4v) is 3.64. The molecule has 25 heavy (non-hydrogen) atoms. The monoisotopic (exact) mass is 358 g/mol. The molecule has 4 rings (SSSR count). The van der Waals surface area contributed by atoms with Gasteiger partial charge in [-0.3, -0.25) is 4.79 Å². The maximum Gasteiger partial charge on any atom is 0.270 e. The summed E-state index contributed by atoms with van der Waals surface area (Å²) in [5, 5.41) is 4.84. The molecule has 7 heteroatoms. The zero-order chi connectivity index (χ0) is 17.6. The molecule has 130 valence electrons. The van der Waals surface area contributed by atoms with E-state index in [-0.39, 0.29) is 18.1 Å². The zero-order valence-corrected chi connectivity index (χ0v) is 14.8. The molecular weight excluding hydrogens is 340 g/mol. The first kappa shape index (κ1) is 16.2. The third-order valence-corrected chi connectivity index (χ3v) is 4.70. The van der Waals surface area contributed by atoms with Crippen molar-refractivity contribution in [3.8, 4) is 11.3 Å². The fourth-order valence-electron chi connectivity index (χ4n) is 3.38. The summed E-state index contributed by atoms with van der Waals surface area (Å²) in [5.41, 5.74) is 2.99. The highest BCUT2D eigenvalue weighted by Gasteiger charge is 2.28. The normalized spacial score (nSPS) is 21.0. The molecule has 3 aromatic heterocycles. The number of halogens is 1. The molecule has 0 radical (unpaired) electrons. The second-order valence-corrected chi connectivity index (χ2v) is 6.87. The predicted molar refractivity (Wildman–Crippen MR) is 95.9 cm³/mol. The molecule has 1 aliphatic heterocycles. The molecule has 4 heterocycles. The van der Waals surface area contributed by atoms with E-state index >= 15 is 0 Å². The van der Waals surface area contributed by atoms with Crippen molar-refractivity contribution in [2.75, 3.05) is 13.1 Å². The van der Waals surface area contributed by atoms with Crippen molar-refractivity contribution in [2.24, 2.45) is 0 Å². The first-order chi connectivity index (χ1) is 12.0. The van der Waals surface area contributed by atoms with Crippen LogP contribution in [0.2, 0.25) is 5.02 Å². The minimum atomic E-state index is -0.0633. The maximum atomic E-state index is 12.8. The summed E-state index contributed by atoms with van der Waals surface area (Å²) in [5.74, 6) is -0.0633. The molecule has 6 nitrogen and oxygen atoms in total. The average molecular weight is 359 g/mol. The van der Waals surface area contributed by atoms with Crippen molar-refractivity contribution in [3.63, 3.8) is 0 Å². The summed E-state index contributed by atoms with van der Waals surface area (Å²) in [7, 11) is 0. The molecule has 1 aliphatic rings. The minimum absolute atomic E-state index is 0.0252. The Hall–Kier alpha value is -2.31. The summed E-state index contributed by atoms with van der Waals surface area (Å²) in [4.78, 5) is 17.8. The number of aromatic nitrogens is 3. The Balaban J connectivity index is 1.67. The number of rotatable bonds is 2. The topological polar surface area (TPSA) is 62.6 Å². The lowest BCUT2D eigenvalue weighted by Gasteiger charge is -2.35. The van der Waals surface area contributed by atoms with E-state index in [9.17, 15) is 4.79 Å². The Morgan fingerprint density at radius 3 is 2.84 bits per heavy atom. The predicted octanol–water partition coefficient (Wildman–Crippen LogP) is 3.23. The number of ether oxygens (including phenoxy) is 1. The minimum Gasteiger partial charge on any atom is -0.372 e. The van der Waals surface area contributed by atoms with Crippen LogP contribution in [0.3, 0.4) is 0 Å². The van der Waals surface area contributed by atoms with E-state index in [0.717, 1.165) is 11.1 Å². The van der Waals surface area contributed by atoms with Crippen LogP contribution in [-0.4, -0.2) is 50.7 Å². The van der Waals surface area contributed by atoms with Crippen LogP contribution in [0.1, 0.15) is 24.3 Å². The van der Waals surface area contributed by atoms with Crippen molar-refractivity contribution in [1.29, 1.82) is 0 Å². The van der Waals surface area contributed by atoms with Gasteiger partial charge in [-0.15, -0.1) is 0 Å². The van der Waals surface area contributed by atoms with E-state index in [1.54, 1.807) is 21.7 Å². The fraction of sp³-hybridized carbons (Fsp3) is 0.333. The third kappa shape index (κ3) is 2.92. The van der Waals surface area contributed by atoms with Crippen molar-refractivity contribution < 1.29 is 9.53 Å². The Kier molecular flexibility index (Phi) is 4.01. The highest BCUT2D eigenvalue weighted by molar-refractivity contribution is 6.33. The van der Waals surface area contributed by atoms with E-state index in [1.165, 1.54) is 0 Å². The first-order valence-corrected chi connectivity index (χ1v) is 8.66. The van der Waals surface area contributed by atoms with E-state index < -0.39 is 0 Å². The number of amides is 1. The SMILES string of the molecule is CC1CN(C(=O)c2cc(Cl)c(-c3cnn4ccccc34)[nH]2)CC(C)O1. The van der Waals surface area contributed by atoms with E-state index in [1.807, 2.05) is 38.2 Å². The van der Waals surface area contributed by atoms with Gasteiger partial charge in [0.2, 0.25) is 0 Å². The highest BCUT2D eigenvalue weighted by Crippen LogP contribution is 2.31. The van der Waals surface area contributed by atoms with E-state index in [0.29, 0.717) is 29.5 Å². The maximum absolute atomic E-state index is 12.8. The number of hydrogen-bond acceptors (Lipinski definition) is 3. The lowest BCUT2D eigenvalue weighted by atomic mass is 10.2. The van der Waals surface area contributed by atoms with Crippen molar-refractivity contribution in [3.05, 3.63) is 47.4 Å². The number of fused-ring (bicyclic) bond motifs is 1. The van der Waals surface area contributed by atoms with Gasteiger partial charge >= 0.3 is 0 Å². The second-order valence-electron chi connectivity index (χ2n) is 6.46. The molecular formula is C18H19ClN4O2. The summed E-state index contributed by atoms with van der Waals surface area (Å²) >= 11 is 6.41. The largest absolute Gasteiger partial charge is 0.372 e. The molecule has 1 N–H and O–H groups in total. The van der Waals surface area contributed by atoms with Gasteiger partial charge in [-0.2, -0.15) is 5.10 Å². The van der Waals surface area contributed by atoms with Crippen LogP contribution in [0, 0.1) is 0 Å². The zero-order valence-electron chi connectivity index (χ0n) is 14.1. The van der Waals surface area contributed by atoms with Gasteiger partial charge < -0.3 is 14.6 Å². The van der Waals surface area contributed by atoms with Crippen LogP contribution in [0.4, 0.5) is 0 Å². The molecule has 2 atom stereocenters. The number of pyridine rings is 1. The van der Waals surface area contributed by atoms with Crippen molar-refractivity contribution in [2.45, 2.75) is 26.1 Å². The Morgan fingerprint density at radius 1 is 1.32 bits per heavy atom. The molecule has 1 fully saturated rings. The summed E-state index contributed by atoms with van der Waals surface area (Å²) < 4.78 is 7.47. The summed E-state index contributed by atoms with van der Waals surface area (Å²) in [6, 6.07) is 7.51. The molecule has 1 amide bonds. The van der Waals surface area contributed by atoms with Crippen LogP contribution >= 0.6 is 11.6 Å². The number of morpholine rings is 1. The molecule has 2 unspecified atom stereocenters. The van der Waals surface area contributed by atoms with Crippen LogP contribution in [0.25, 0.3) is 16.8 Å². The number of aromatic amines is 1. The molecule has 0 bridgehead atoms. The molecule has 0 aliphatic carbocycles. The smallest absolute Gasteiger partial charge is 0.270 e. The summed E-state index contributed by atoms with van der Waals surface area (Å²) in [6.07, 6.45) is 3.67.